The molecule has 0 N–H and O–H groups in total. The van der Waals surface area contributed by atoms with Crippen LogP contribution in [0.4, 0.5) is 0 Å². The Morgan fingerprint density at radius 1 is 1.25 bits per heavy atom. The van der Waals surface area contributed by atoms with Crippen LogP contribution < -0.4 is 8.93 Å². The molecular formula is C6H5NO2S3. The zero-order valence-electron chi connectivity index (χ0n) is 6.20. The largest absolute Gasteiger partial charge is 0.309 e. The number of hydrogen-bond donors (Lipinski definition) is 0. The Morgan fingerprint density at radius 3 is 2.67 bits per heavy atom. The number of aryl methyl sites for hydroxylation is 1. The number of nitrogens with zero attached hydrogens (tertiary/aromatic N) is 1. The van der Waals surface area contributed by atoms with Gasteiger partial charge in [0.15, 0.2) is 0 Å². The van der Waals surface area contributed by atoms with Crippen molar-refractivity contribution in [3.63, 3.8) is 0 Å². The Bertz CT molecular complexity index is 515. The van der Waals surface area contributed by atoms with E-state index in [4.69, 9.17) is 0 Å². The monoisotopic (exact) mass is 219 g/mol. The van der Waals surface area contributed by atoms with Gasteiger partial charge in [-0.1, -0.05) is 34.0 Å². The minimum Gasteiger partial charge on any atom is -0.290 e. The molecule has 0 atom stereocenters. The first kappa shape index (κ1) is 8.15. The summed E-state index contributed by atoms with van der Waals surface area (Å²) in [6, 6.07) is 0. The van der Waals surface area contributed by atoms with Crippen LogP contribution in [0.25, 0.3) is 8.84 Å². The number of aromatic nitrogens is 1. The quantitative estimate of drug-likeness (QED) is 0.730. The summed E-state index contributed by atoms with van der Waals surface area (Å²) in [5.74, 6) is 0. The lowest BCUT2D eigenvalue weighted by Gasteiger charge is -1.90. The molecule has 0 aliphatic carbocycles. The summed E-state index contributed by atoms with van der Waals surface area (Å²) in [6.45, 7) is 2.55. The zero-order valence-corrected chi connectivity index (χ0v) is 8.65. The Hall–Kier alpha value is -0.460. The highest BCUT2D eigenvalue weighted by Crippen LogP contribution is 2.23. The SMILES string of the molecule is CCn1c(=O)sc2sc(=O)sc21. The molecule has 2 heterocycles. The van der Waals surface area contributed by atoms with Crippen LogP contribution in [0, 0.1) is 0 Å². The van der Waals surface area contributed by atoms with E-state index in [1.807, 2.05) is 6.92 Å². The van der Waals surface area contributed by atoms with Gasteiger partial charge in [0.05, 0.1) is 0 Å². The van der Waals surface area contributed by atoms with E-state index < -0.39 is 0 Å². The van der Waals surface area contributed by atoms with E-state index in [0.29, 0.717) is 6.54 Å². The Labute approximate surface area is 79.5 Å². The first-order valence-corrected chi connectivity index (χ1v) is 5.80. The van der Waals surface area contributed by atoms with Gasteiger partial charge in [-0.25, -0.2) is 0 Å². The molecular weight excluding hydrogens is 214 g/mol. The van der Waals surface area contributed by atoms with E-state index in [-0.39, 0.29) is 8.93 Å². The highest BCUT2D eigenvalue weighted by molar-refractivity contribution is 7.45. The van der Waals surface area contributed by atoms with Gasteiger partial charge in [0.25, 0.3) is 4.06 Å². The lowest BCUT2D eigenvalue weighted by molar-refractivity contribution is 0.784. The van der Waals surface area contributed by atoms with Gasteiger partial charge in [0, 0.05) is 6.54 Å². The molecule has 0 fully saturated rings. The summed E-state index contributed by atoms with van der Waals surface area (Å²) in [5.41, 5.74) is 0. The van der Waals surface area contributed by atoms with Crippen molar-refractivity contribution in [2.75, 3.05) is 0 Å². The maximum Gasteiger partial charge on any atom is 0.309 e. The standard InChI is InChI=1S/C6H5NO2S3/c1-2-7-3-4(11-5(7)8)12-6(9)10-3/h2H2,1H3. The van der Waals surface area contributed by atoms with E-state index in [1.54, 1.807) is 4.57 Å². The molecule has 6 heteroatoms. The summed E-state index contributed by atoms with van der Waals surface area (Å²) < 4.78 is 2.57. The van der Waals surface area contributed by atoms with Crippen LogP contribution in [0.3, 0.4) is 0 Å². The van der Waals surface area contributed by atoms with Gasteiger partial charge >= 0.3 is 4.87 Å². The summed E-state index contributed by atoms with van der Waals surface area (Å²) in [7, 11) is 0. The predicted molar refractivity (Wildman–Crippen MR) is 53.8 cm³/mol. The first-order valence-electron chi connectivity index (χ1n) is 3.35. The van der Waals surface area contributed by atoms with Gasteiger partial charge in [-0.2, -0.15) is 0 Å². The molecule has 0 spiro atoms. The fourth-order valence-corrected chi connectivity index (χ4v) is 4.56. The van der Waals surface area contributed by atoms with E-state index >= 15 is 0 Å². The van der Waals surface area contributed by atoms with Gasteiger partial charge in [-0.05, 0) is 6.92 Å². The molecule has 2 aromatic heterocycles. The molecule has 3 nitrogen and oxygen atoms in total. The fraction of sp³-hybridized carbons (Fsp3) is 0.333. The van der Waals surface area contributed by atoms with Crippen LogP contribution >= 0.6 is 34.0 Å². The van der Waals surface area contributed by atoms with E-state index in [0.717, 1.165) is 42.9 Å². The van der Waals surface area contributed by atoms with Crippen molar-refractivity contribution in [2.45, 2.75) is 13.5 Å². The highest BCUT2D eigenvalue weighted by Gasteiger charge is 2.09. The second-order valence-corrected chi connectivity index (χ2v) is 5.58. The van der Waals surface area contributed by atoms with Crippen molar-refractivity contribution >= 4 is 42.9 Å². The Kier molecular flexibility index (Phi) is 1.90. The zero-order chi connectivity index (χ0) is 8.72. The first-order chi connectivity index (χ1) is 5.72. The van der Waals surface area contributed by atoms with E-state index in [2.05, 4.69) is 0 Å². The van der Waals surface area contributed by atoms with Crippen molar-refractivity contribution < 1.29 is 0 Å². The highest BCUT2D eigenvalue weighted by atomic mass is 32.2. The van der Waals surface area contributed by atoms with Crippen molar-refractivity contribution in [1.82, 2.24) is 4.57 Å². The third kappa shape index (κ3) is 1.07. The molecule has 0 aliphatic rings. The molecule has 2 rings (SSSR count). The average molecular weight is 219 g/mol. The number of thiazole rings is 1. The molecule has 0 saturated carbocycles. The Morgan fingerprint density at radius 2 is 2.00 bits per heavy atom. The maximum atomic E-state index is 11.2. The second kappa shape index (κ2) is 2.79. The summed E-state index contributed by atoms with van der Waals surface area (Å²) in [4.78, 5) is 23.1. The lowest BCUT2D eigenvalue weighted by atomic mass is 10.7. The van der Waals surface area contributed by atoms with Gasteiger partial charge in [0.2, 0.25) is 0 Å². The Balaban J connectivity index is 2.96. The van der Waals surface area contributed by atoms with Gasteiger partial charge in [-0.3, -0.25) is 14.2 Å². The van der Waals surface area contributed by atoms with Gasteiger partial charge in [0.1, 0.15) is 8.84 Å². The van der Waals surface area contributed by atoms with E-state index in [1.165, 1.54) is 0 Å². The van der Waals surface area contributed by atoms with Crippen LogP contribution in [0.2, 0.25) is 0 Å². The predicted octanol–water partition coefficient (Wildman–Crippen LogP) is 1.57. The normalized spacial score (nSPS) is 11.1. The van der Waals surface area contributed by atoms with Crippen LogP contribution in [0.5, 0.6) is 0 Å². The second-order valence-electron chi connectivity index (χ2n) is 2.16. The topological polar surface area (TPSA) is 39.1 Å². The molecule has 0 bridgehead atoms. The molecule has 0 saturated heterocycles. The van der Waals surface area contributed by atoms with Crippen LogP contribution in [-0.4, -0.2) is 4.57 Å². The third-order valence-electron chi connectivity index (χ3n) is 1.49. The summed E-state index contributed by atoms with van der Waals surface area (Å²) in [6.07, 6.45) is 0. The molecule has 0 unspecified atom stereocenters. The van der Waals surface area contributed by atoms with Crippen molar-refractivity contribution in [3.8, 4) is 0 Å². The molecule has 2 aromatic rings. The summed E-state index contributed by atoms with van der Waals surface area (Å²) >= 11 is 3.48. The van der Waals surface area contributed by atoms with Gasteiger partial charge < -0.3 is 0 Å². The van der Waals surface area contributed by atoms with Crippen molar-refractivity contribution in [1.29, 1.82) is 0 Å². The molecule has 0 aromatic carbocycles. The van der Waals surface area contributed by atoms with Crippen LogP contribution in [0.15, 0.2) is 9.59 Å². The maximum absolute atomic E-state index is 11.2. The fourth-order valence-electron chi connectivity index (χ4n) is 0.981. The van der Waals surface area contributed by atoms with Crippen LogP contribution in [0.1, 0.15) is 6.92 Å². The smallest absolute Gasteiger partial charge is 0.290 e. The third-order valence-corrected chi connectivity index (χ3v) is 4.85. The number of rotatable bonds is 1. The summed E-state index contributed by atoms with van der Waals surface area (Å²) in [5, 5.41) is 0. The van der Waals surface area contributed by atoms with Gasteiger partial charge in [-0.15, -0.1) is 0 Å². The van der Waals surface area contributed by atoms with Crippen LogP contribution in [-0.2, 0) is 6.54 Å². The molecule has 0 amide bonds. The molecule has 0 aliphatic heterocycles. The molecule has 64 valence electrons. The minimum atomic E-state index is 0.0370. The minimum absolute atomic E-state index is 0.0370. The van der Waals surface area contributed by atoms with Crippen molar-refractivity contribution in [2.24, 2.45) is 0 Å². The molecule has 12 heavy (non-hydrogen) atoms. The number of hydrogen-bond acceptors (Lipinski definition) is 5. The molecule has 0 radical (unpaired) electrons. The van der Waals surface area contributed by atoms with Crippen molar-refractivity contribution in [3.05, 3.63) is 18.5 Å². The lowest BCUT2D eigenvalue weighted by Crippen LogP contribution is -2.10. The average Bonchev–Trinajstić information content (AvgIpc) is 2.43. The van der Waals surface area contributed by atoms with E-state index in [9.17, 15) is 9.59 Å². The number of fused-ring (bicyclic) bond motifs is 1.